The lowest BCUT2D eigenvalue weighted by molar-refractivity contribution is -0.117. The monoisotopic (exact) mass is 409 g/mol. The smallest absolute Gasteiger partial charge is 0.324 e. The fourth-order valence-corrected chi connectivity index (χ4v) is 3.63. The van der Waals surface area contributed by atoms with Gasteiger partial charge in [0.05, 0.1) is 0 Å². The number of aromatic nitrogens is 4. The second kappa shape index (κ2) is 8.27. The number of amides is 1. The number of rotatable bonds is 6. The normalized spacial score (nSPS) is 10.9. The van der Waals surface area contributed by atoms with E-state index in [1.165, 1.54) is 52.8 Å². The average molecular weight is 409 g/mol. The first-order valence-corrected chi connectivity index (χ1v) is 9.75. The Balaban J connectivity index is 1.53. The molecule has 0 radical (unpaired) electrons. The predicted molar refractivity (Wildman–Crippen MR) is 108 cm³/mol. The molecule has 0 aliphatic carbocycles. The van der Waals surface area contributed by atoms with Crippen molar-refractivity contribution in [3.8, 4) is 0 Å². The van der Waals surface area contributed by atoms with Gasteiger partial charge in [0.15, 0.2) is 5.65 Å². The van der Waals surface area contributed by atoms with Gasteiger partial charge in [-0.25, -0.2) is 23.3 Å². The largest absolute Gasteiger partial charge is 0.350 e. The first kappa shape index (κ1) is 18.9. The molecular formula is C20H16FN5O2S. The van der Waals surface area contributed by atoms with Crippen LogP contribution >= 0.6 is 11.8 Å². The summed E-state index contributed by atoms with van der Waals surface area (Å²) in [4.78, 5) is 29.2. The Labute approximate surface area is 169 Å². The topological polar surface area (TPSA) is 81.3 Å². The van der Waals surface area contributed by atoms with Gasteiger partial charge in [-0.05, 0) is 29.8 Å². The van der Waals surface area contributed by atoms with Gasteiger partial charge < -0.3 is 5.32 Å². The molecule has 146 valence electrons. The van der Waals surface area contributed by atoms with Crippen molar-refractivity contribution in [1.82, 2.24) is 19.2 Å². The molecule has 1 N–H and O–H groups in total. The van der Waals surface area contributed by atoms with Gasteiger partial charge in [0.25, 0.3) is 0 Å². The number of anilines is 1. The molecule has 0 saturated carbocycles. The molecule has 0 atom stereocenters. The van der Waals surface area contributed by atoms with Gasteiger partial charge in [-0.1, -0.05) is 42.1 Å². The SMILES string of the molecule is O=C(Cn1nc2c(SCc3ccccc3)nccn2c1=O)Nc1ccc(F)cc1. The minimum Gasteiger partial charge on any atom is -0.324 e. The van der Waals surface area contributed by atoms with E-state index < -0.39 is 17.4 Å². The van der Waals surface area contributed by atoms with Crippen LogP contribution in [0.1, 0.15) is 5.56 Å². The number of carbonyl (C=O) groups is 1. The summed E-state index contributed by atoms with van der Waals surface area (Å²) in [5.74, 6) is -0.152. The highest BCUT2D eigenvalue weighted by atomic mass is 32.2. The third-order valence-electron chi connectivity index (χ3n) is 4.11. The lowest BCUT2D eigenvalue weighted by atomic mass is 10.2. The lowest BCUT2D eigenvalue weighted by Crippen LogP contribution is -2.28. The summed E-state index contributed by atoms with van der Waals surface area (Å²) < 4.78 is 15.4. The number of fused-ring (bicyclic) bond motifs is 1. The Hall–Kier alpha value is -3.46. The van der Waals surface area contributed by atoms with Crippen molar-refractivity contribution in [2.45, 2.75) is 17.3 Å². The molecule has 4 rings (SSSR count). The Morgan fingerprint density at radius 2 is 1.86 bits per heavy atom. The number of halogens is 1. The van der Waals surface area contributed by atoms with Crippen molar-refractivity contribution >= 4 is 29.0 Å². The molecule has 0 aliphatic heterocycles. The van der Waals surface area contributed by atoms with Gasteiger partial charge in [-0.3, -0.25) is 4.79 Å². The highest BCUT2D eigenvalue weighted by Gasteiger charge is 2.15. The minimum absolute atomic E-state index is 0.263. The molecule has 9 heteroatoms. The maximum atomic E-state index is 13.0. The van der Waals surface area contributed by atoms with Crippen molar-refractivity contribution < 1.29 is 9.18 Å². The van der Waals surface area contributed by atoms with E-state index in [0.29, 0.717) is 22.1 Å². The van der Waals surface area contributed by atoms with Crippen molar-refractivity contribution in [3.05, 3.63) is 88.9 Å². The fraction of sp³-hybridized carbons (Fsp3) is 0.100. The zero-order chi connectivity index (χ0) is 20.2. The van der Waals surface area contributed by atoms with Gasteiger partial charge in [0.1, 0.15) is 17.4 Å². The standard InChI is InChI=1S/C20H16FN5O2S/c21-15-6-8-16(9-7-15)23-17(27)12-26-20(28)25-11-10-22-19(18(25)24-26)29-13-14-4-2-1-3-5-14/h1-11H,12-13H2,(H,23,27). The summed E-state index contributed by atoms with van der Waals surface area (Å²) in [5.41, 5.74) is 1.53. The predicted octanol–water partition coefficient (Wildman–Crippen LogP) is 2.96. The van der Waals surface area contributed by atoms with Crippen LogP contribution in [0, 0.1) is 5.82 Å². The number of hydrogen-bond acceptors (Lipinski definition) is 5. The molecule has 7 nitrogen and oxygen atoms in total. The molecule has 2 aromatic carbocycles. The van der Waals surface area contributed by atoms with Gasteiger partial charge >= 0.3 is 5.69 Å². The Kier molecular flexibility index (Phi) is 5.39. The molecule has 2 heterocycles. The molecule has 0 bridgehead atoms. The maximum Gasteiger partial charge on any atom is 0.350 e. The summed E-state index contributed by atoms with van der Waals surface area (Å²) in [5, 5.41) is 7.50. The second-order valence-corrected chi connectivity index (χ2v) is 7.16. The quantitative estimate of drug-likeness (QED) is 0.495. The third kappa shape index (κ3) is 4.35. The van der Waals surface area contributed by atoms with Gasteiger partial charge in [0.2, 0.25) is 5.91 Å². The second-order valence-electron chi connectivity index (χ2n) is 6.20. The summed E-state index contributed by atoms with van der Waals surface area (Å²) in [7, 11) is 0. The molecule has 0 unspecified atom stereocenters. The number of nitrogens with one attached hydrogen (secondary N) is 1. The zero-order valence-electron chi connectivity index (χ0n) is 15.2. The van der Waals surface area contributed by atoms with E-state index in [9.17, 15) is 14.0 Å². The summed E-state index contributed by atoms with van der Waals surface area (Å²) in [6.07, 6.45) is 3.05. The summed E-state index contributed by atoms with van der Waals surface area (Å²) >= 11 is 1.47. The van der Waals surface area contributed by atoms with E-state index in [1.54, 1.807) is 0 Å². The number of nitrogens with zero attached hydrogens (tertiary/aromatic N) is 4. The molecule has 2 aromatic heterocycles. The number of hydrogen-bond donors (Lipinski definition) is 1. The van der Waals surface area contributed by atoms with E-state index in [-0.39, 0.29) is 6.54 Å². The zero-order valence-corrected chi connectivity index (χ0v) is 16.0. The number of carbonyl (C=O) groups excluding carboxylic acids is 1. The van der Waals surface area contributed by atoms with Crippen LogP contribution in [-0.2, 0) is 17.1 Å². The van der Waals surface area contributed by atoms with Crippen LogP contribution in [0.25, 0.3) is 5.65 Å². The molecule has 4 aromatic rings. The van der Waals surface area contributed by atoms with Crippen molar-refractivity contribution in [2.24, 2.45) is 0 Å². The van der Waals surface area contributed by atoms with Crippen LogP contribution in [0.3, 0.4) is 0 Å². The highest BCUT2D eigenvalue weighted by molar-refractivity contribution is 7.98. The molecule has 29 heavy (non-hydrogen) atoms. The summed E-state index contributed by atoms with van der Waals surface area (Å²) in [6.45, 7) is -0.263. The molecule has 0 fully saturated rings. The minimum atomic E-state index is -0.437. The number of thioether (sulfide) groups is 1. The molecule has 0 saturated heterocycles. The third-order valence-corrected chi connectivity index (χ3v) is 5.15. The molecule has 0 aliphatic rings. The van der Waals surface area contributed by atoms with Crippen molar-refractivity contribution in [2.75, 3.05) is 5.32 Å². The van der Waals surface area contributed by atoms with E-state index in [1.807, 2.05) is 30.3 Å². The van der Waals surface area contributed by atoms with Crippen LogP contribution < -0.4 is 11.0 Å². The van der Waals surface area contributed by atoms with Gasteiger partial charge in [-0.2, -0.15) is 0 Å². The average Bonchev–Trinajstić information content (AvgIpc) is 3.05. The first-order chi connectivity index (χ1) is 14.1. The van der Waals surface area contributed by atoms with E-state index >= 15 is 0 Å². The van der Waals surface area contributed by atoms with Crippen molar-refractivity contribution in [3.63, 3.8) is 0 Å². The van der Waals surface area contributed by atoms with Crippen LogP contribution in [0.4, 0.5) is 10.1 Å². The van der Waals surface area contributed by atoms with Crippen molar-refractivity contribution in [1.29, 1.82) is 0 Å². The van der Waals surface area contributed by atoms with Crippen LogP contribution in [0.2, 0.25) is 0 Å². The van der Waals surface area contributed by atoms with Crippen LogP contribution in [0.15, 0.2) is 76.8 Å². The number of benzene rings is 2. The highest BCUT2D eigenvalue weighted by Crippen LogP contribution is 2.23. The molecular weight excluding hydrogens is 393 g/mol. The van der Waals surface area contributed by atoms with Gasteiger partial charge in [0, 0.05) is 23.8 Å². The van der Waals surface area contributed by atoms with E-state index in [0.717, 1.165) is 10.2 Å². The Morgan fingerprint density at radius 1 is 1.10 bits per heavy atom. The first-order valence-electron chi connectivity index (χ1n) is 8.76. The van der Waals surface area contributed by atoms with E-state index in [4.69, 9.17) is 0 Å². The molecule has 0 spiro atoms. The van der Waals surface area contributed by atoms with Crippen LogP contribution in [0.5, 0.6) is 0 Å². The fourth-order valence-electron chi connectivity index (χ4n) is 2.73. The summed E-state index contributed by atoms with van der Waals surface area (Å²) in [6, 6.07) is 15.3. The van der Waals surface area contributed by atoms with E-state index in [2.05, 4.69) is 15.4 Å². The maximum absolute atomic E-state index is 13.0. The lowest BCUT2D eigenvalue weighted by Gasteiger charge is -2.04. The Bertz CT molecular complexity index is 1210. The molecule has 1 amide bonds. The Morgan fingerprint density at radius 3 is 2.62 bits per heavy atom. The van der Waals surface area contributed by atoms with Gasteiger partial charge in [-0.15, -0.1) is 5.10 Å². The van der Waals surface area contributed by atoms with Crippen LogP contribution in [-0.4, -0.2) is 25.1 Å².